The molecular formula is C13H16FNO3. The Hall–Kier alpha value is -1.91. The second-order valence-electron chi connectivity index (χ2n) is 3.65. The molecule has 0 N–H and O–H groups in total. The van der Waals surface area contributed by atoms with Crippen molar-refractivity contribution in [3.8, 4) is 5.75 Å². The molecule has 0 fully saturated rings. The molecule has 98 valence electrons. The van der Waals surface area contributed by atoms with Crippen LogP contribution in [-0.4, -0.2) is 36.8 Å². The molecule has 18 heavy (non-hydrogen) atoms. The van der Waals surface area contributed by atoms with Gasteiger partial charge in [0, 0.05) is 13.1 Å². The van der Waals surface area contributed by atoms with Gasteiger partial charge in [-0.05, 0) is 32.0 Å². The highest BCUT2D eigenvalue weighted by atomic mass is 19.1. The third kappa shape index (κ3) is 2.85. The second kappa shape index (κ2) is 6.14. The van der Waals surface area contributed by atoms with Crippen molar-refractivity contribution in [2.45, 2.75) is 13.8 Å². The molecule has 0 aliphatic heterocycles. The van der Waals surface area contributed by atoms with Crippen molar-refractivity contribution in [3.05, 3.63) is 29.6 Å². The highest BCUT2D eigenvalue weighted by Crippen LogP contribution is 2.20. The van der Waals surface area contributed by atoms with Crippen LogP contribution in [0.3, 0.4) is 0 Å². The number of likely N-dealkylation sites (N-methyl/N-ethyl adjacent to an activating group) is 1. The Morgan fingerprint density at radius 3 is 2.39 bits per heavy atom. The molecule has 1 amide bonds. The van der Waals surface area contributed by atoms with Crippen LogP contribution in [0.15, 0.2) is 18.2 Å². The Bertz CT molecular complexity index is 456. The van der Waals surface area contributed by atoms with Crippen LogP contribution in [0.5, 0.6) is 5.75 Å². The molecule has 0 aliphatic rings. The number of methoxy groups -OCH3 is 1. The van der Waals surface area contributed by atoms with Gasteiger partial charge in [0.15, 0.2) is 0 Å². The summed E-state index contributed by atoms with van der Waals surface area (Å²) in [5.41, 5.74) is -0.0469. The third-order valence-corrected chi connectivity index (χ3v) is 2.65. The first kappa shape index (κ1) is 14.2. The van der Waals surface area contributed by atoms with Gasteiger partial charge in [-0.2, -0.15) is 0 Å². The van der Waals surface area contributed by atoms with Crippen molar-refractivity contribution in [2.75, 3.05) is 20.2 Å². The van der Waals surface area contributed by atoms with Gasteiger partial charge in [-0.25, -0.2) is 4.39 Å². The van der Waals surface area contributed by atoms with Gasteiger partial charge in [0.05, 0.1) is 12.7 Å². The Morgan fingerprint density at radius 1 is 1.28 bits per heavy atom. The number of ether oxygens (including phenoxy) is 1. The lowest BCUT2D eigenvalue weighted by Crippen LogP contribution is -2.36. The summed E-state index contributed by atoms with van der Waals surface area (Å²) < 4.78 is 18.1. The second-order valence-corrected chi connectivity index (χ2v) is 3.65. The molecule has 0 saturated carbocycles. The van der Waals surface area contributed by atoms with Crippen LogP contribution in [0, 0.1) is 5.82 Å². The number of hydrogen-bond acceptors (Lipinski definition) is 3. The van der Waals surface area contributed by atoms with E-state index in [0.717, 1.165) is 6.07 Å². The summed E-state index contributed by atoms with van der Waals surface area (Å²) in [5.74, 6) is -1.78. The number of rotatable bonds is 5. The quantitative estimate of drug-likeness (QED) is 0.594. The van der Waals surface area contributed by atoms with Crippen LogP contribution < -0.4 is 4.74 Å². The van der Waals surface area contributed by atoms with Crippen molar-refractivity contribution < 1.29 is 18.7 Å². The maximum atomic E-state index is 13.1. The lowest BCUT2D eigenvalue weighted by Gasteiger charge is -2.18. The lowest BCUT2D eigenvalue weighted by molar-refractivity contribution is -0.126. The molecule has 0 heterocycles. The number of halogens is 1. The minimum absolute atomic E-state index is 0.0469. The van der Waals surface area contributed by atoms with Crippen molar-refractivity contribution in [2.24, 2.45) is 0 Å². The first-order chi connectivity index (χ1) is 8.54. The van der Waals surface area contributed by atoms with Crippen LogP contribution in [0.2, 0.25) is 0 Å². The first-order valence-corrected chi connectivity index (χ1v) is 5.72. The molecule has 1 rings (SSSR count). The van der Waals surface area contributed by atoms with Gasteiger partial charge in [-0.15, -0.1) is 0 Å². The van der Waals surface area contributed by atoms with Crippen LogP contribution in [0.4, 0.5) is 4.39 Å². The molecule has 1 aromatic carbocycles. The van der Waals surface area contributed by atoms with Crippen LogP contribution in [-0.2, 0) is 4.79 Å². The average molecular weight is 253 g/mol. The molecule has 0 atom stereocenters. The predicted molar refractivity (Wildman–Crippen MR) is 65.2 cm³/mol. The van der Waals surface area contributed by atoms with Crippen molar-refractivity contribution in [3.63, 3.8) is 0 Å². The fourth-order valence-electron chi connectivity index (χ4n) is 1.63. The van der Waals surface area contributed by atoms with Gasteiger partial charge in [0.2, 0.25) is 0 Å². The van der Waals surface area contributed by atoms with Gasteiger partial charge in [-0.3, -0.25) is 9.59 Å². The fourth-order valence-corrected chi connectivity index (χ4v) is 1.63. The zero-order valence-electron chi connectivity index (χ0n) is 10.7. The molecule has 0 saturated heterocycles. The van der Waals surface area contributed by atoms with E-state index in [4.69, 9.17) is 4.74 Å². The van der Waals surface area contributed by atoms with Crippen LogP contribution in [0.25, 0.3) is 0 Å². The number of amides is 1. The number of carbonyl (C=O) groups is 2. The zero-order chi connectivity index (χ0) is 13.7. The Kier molecular flexibility index (Phi) is 4.83. The summed E-state index contributed by atoms with van der Waals surface area (Å²) in [7, 11) is 1.37. The van der Waals surface area contributed by atoms with E-state index < -0.39 is 17.5 Å². The van der Waals surface area contributed by atoms with E-state index in [1.165, 1.54) is 24.1 Å². The molecule has 5 heteroatoms. The smallest absolute Gasteiger partial charge is 0.295 e. The number of carbonyl (C=O) groups excluding carboxylic acids is 2. The maximum absolute atomic E-state index is 13.1. The van der Waals surface area contributed by atoms with Gasteiger partial charge in [0.1, 0.15) is 11.6 Å². The van der Waals surface area contributed by atoms with Crippen molar-refractivity contribution in [1.29, 1.82) is 0 Å². The molecule has 0 bridgehead atoms. The third-order valence-electron chi connectivity index (χ3n) is 2.65. The standard InChI is InChI=1S/C13H16FNO3/c1-4-15(5-2)13(17)12(16)10-8-9(14)6-7-11(10)18-3/h6-8H,4-5H2,1-3H3. The topological polar surface area (TPSA) is 46.6 Å². The lowest BCUT2D eigenvalue weighted by atomic mass is 10.1. The van der Waals surface area contributed by atoms with E-state index in [2.05, 4.69) is 0 Å². The summed E-state index contributed by atoms with van der Waals surface area (Å²) >= 11 is 0. The fraction of sp³-hybridized carbons (Fsp3) is 0.385. The van der Waals surface area contributed by atoms with E-state index in [0.29, 0.717) is 13.1 Å². The normalized spacial score (nSPS) is 10.0. The van der Waals surface area contributed by atoms with Crippen molar-refractivity contribution in [1.82, 2.24) is 4.90 Å². The average Bonchev–Trinajstić information content (AvgIpc) is 2.39. The number of Topliss-reactive ketones (excluding diaryl/α,β-unsaturated/α-hetero) is 1. The van der Waals surface area contributed by atoms with Crippen LogP contribution in [0.1, 0.15) is 24.2 Å². The monoisotopic (exact) mass is 253 g/mol. The molecule has 0 aliphatic carbocycles. The number of ketones is 1. The van der Waals surface area contributed by atoms with Gasteiger partial charge in [0.25, 0.3) is 11.7 Å². The molecule has 0 unspecified atom stereocenters. The van der Waals surface area contributed by atoms with Crippen LogP contribution >= 0.6 is 0 Å². The summed E-state index contributed by atoms with van der Waals surface area (Å²) in [4.78, 5) is 25.3. The zero-order valence-corrected chi connectivity index (χ0v) is 10.7. The van der Waals surface area contributed by atoms with Gasteiger partial charge >= 0.3 is 0 Å². The van der Waals surface area contributed by atoms with Gasteiger partial charge in [-0.1, -0.05) is 0 Å². The Balaban J connectivity index is 3.10. The maximum Gasteiger partial charge on any atom is 0.295 e. The van der Waals surface area contributed by atoms with E-state index in [9.17, 15) is 14.0 Å². The van der Waals surface area contributed by atoms with Crippen molar-refractivity contribution >= 4 is 11.7 Å². The Labute approximate surface area is 105 Å². The van der Waals surface area contributed by atoms with Gasteiger partial charge < -0.3 is 9.64 Å². The predicted octanol–water partition coefficient (Wildman–Crippen LogP) is 1.89. The summed E-state index contributed by atoms with van der Waals surface area (Å²) in [6, 6.07) is 3.53. The van der Waals surface area contributed by atoms with E-state index in [1.54, 1.807) is 13.8 Å². The summed E-state index contributed by atoms with van der Waals surface area (Å²) in [5, 5.41) is 0. The van der Waals surface area contributed by atoms with E-state index in [-0.39, 0.29) is 11.3 Å². The highest BCUT2D eigenvalue weighted by molar-refractivity contribution is 6.43. The molecular weight excluding hydrogens is 237 g/mol. The SMILES string of the molecule is CCN(CC)C(=O)C(=O)c1cc(F)ccc1OC. The molecule has 0 aromatic heterocycles. The highest BCUT2D eigenvalue weighted by Gasteiger charge is 2.24. The minimum Gasteiger partial charge on any atom is -0.496 e. The molecule has 4 nitrogen and oxygen atoms in total. The number of hydrogen-bond donors (Lipinski definition) is 0. The molecule has 0 spiro atoms. The molecule has 1 aromatic rings. The summed E-state index contributed by atoms with van der Waals surface area (Å²) in [6.07, 6.45) is 0. The largest absolute Gasteiger partial charge is 0.496 e. The first-order valence-electron chi connectivity index (χ1n) is 5.72. The number of nitrogens with zero attached hydrogens (tertiary/aromatic N) is 1. The van der Waals surface area contributed by atoms with E-state index >= 15 is 0 Å². The summed E-state index contributed by atoms with van der Waals surface area (Å²) in [6.45, 7) is 4.41. The van der Waals surface area contributed by atoms with E-state index in [1.807, 2.05) is 0 Å². The molecule has 0 radical (unpaired) electrons. The minimum atomic E-state index is -0.755. The Morgan fingerprint density at radius 2 is 1.89 bits per heavy atom. The number of benzene rings is 1.